The number of halogens is 1. The number of piperidine rings is 1. The molecular weight excluding hydrogens is 312 g/mol. The van der Waals surface area contributed by atoms with Crippen molar-refractivity contribution in [3.63, 3.8) is 0 Å². The summed E-state index contributed by atoms with van der Waals surface area (Å²) < 4.78 is 1.15. The fourth-order valence-corrected chi connectivity index (χ4v) is 3.79. The Morgan fingerprint density at radius 3 is 3.11 bits per heavy atom. The first-order valence-electron chi connectivity index (χ1n) is 6.40. The zero-order valence-corrected chi connectivity index (χ0v) is 12.9. The molecule has 2 atom stereocenters. The van der Waals surface area contributed by atoms with Gasteiger partial charge in [-0.25, -0.2) is 0 Å². The molecule has 1 aromatic rings. The van der Waals surface area contributed by atoms with Gasteiger partial charge >= 0.3 is 0 Å². The van der Waals surface area contributed by atoms with E-state index in [9.17, 15) is 4.79 Å². The van der Waals surface area contributed by atoms with Gasteiger partial charge < -0.3 is 10.6 Å². The van der Waals surface area contributed by atoms with Gasteiger partial charge in [0.25, 0.3) is 0 Å². The molecule has 3 nitrogen and oxygen atoms in total. The van der Waals surface area contributed by atoms with Crippen molar-refractivity contribution < 1.29 is 4.79 Å². The van der Waals surface area contributed by atoms with Crippen LogP contribution >= 0.6 is 27.3 Å². The number of amides is 1. The Hall–Kier alpha value is -0.390. The van der Waals surface area contributed by atoms with Crippen LogP contribution < -0.4 is 10.6 Å². The lowest BCUT2D eigenvalue weighted by Gasteiger charge is -2.27. The van der Waals surface area contributed by atoms with Gasteiger partial charge in [-0.2, -0.15) is 0 Å². The van der Waals surface area contributed by atoms with Crippen molar-refractivity contribution in [2.75, 3.05) is 13.1 Å². The summed E-state index contributed by atoms with van der Waals surface area (Å²) in [6.45, 7) is 3.84. The van der Waals surface area contributed by atoms with Gasteiger partial charge in [0, 0.05) is 23.4 Å². The predicted molar refractivity (Wildman–Crippen MR) is 78.9 cm³/mol. The SMILES string of the molecule is CC1CC(C(=O)NCCc2ccc(Br)s2)CCN1. The van der Waals surface area contributed by atoms with E-state index in [0.717, 1.165) is 36.1 Å². The molecule has 2 rings (SSSR count). The van der Waals surface area contributed by atoms with Gasteiger partial charge in [-0.3, -0.25) is 4.79 Å². The third kappa shape index (κ3) is 4.07. The van der Waals surface area contributed by atoms with Gasteiger partial charge in [0.15, 0.2) is 0 Å². The number of nitrogens with one attached hydrogen (secondary N) is 2. The van der Waals surface area contributed by atoms with Crippen molar-refractivity contribution in [1.29, 1.82) is 0 Å². The quantitative estimate of drug-likeness (QED) is 0.890. The van der Waals surface area contributed by atoms with Gasteiger partial charge in [0.2, 0.25) is 5.91 Å². The van der Waals surface area contributed by atoms with E-state index in [4.69, 9.17) is 0 Å². The molecule has 2 heterocycles. The Balaban J connectivity index is 1.71. The Kier molecular flexibility index (Phi) is 5.21. The Labute approximate surface area is 120 Å². The van der Waals surface area contributed by atoms with Crippen LogP contribution in [0.25, 0.3) is 0 Å². The van der Waals surface area contributed by atoms with E-state index in [2.05, 4.69) is 45.6 Å². The average Bonchev–Trinajstić information content (AvgIpc) is 2.75. The molecule has 1 aromatic heterocycles. The third-order valence-corrected chi connectivity index (χ3v) is 4.98. The zero-order chi connectivity index (χ0) is 13.0. The smallest absolute Gasteiger partial charge is 0.223 e. The summed E-state index contributed by atoms with van der Waals surface area (Å²) in [4.78, 5) is 13.3. The average molecular weight is 331 g/mol. The van der Waals surface area contributed by atoms with E-state index in [1.807, 2.05) is 0 Å². The van der Waals surface area contributed by atoms with Crippen molar-refractivity contribution in [1.82, 2.24) is 10.6 Å². The first-order chi connectivity index (χ1) is 8.65. The second-order valence-corrected chi connectivity index (χ2v) is 7.37. The molecule has 0 radical (unpaired) electrons. The van der Waals surface area contributed by atoms with Crippen LogP contribution in [0.3, 0.4) is 0 Å². The summed E-state index contributed by atoms with van der Waals surface area (Å²) in [7, 11) is 0. The topological polar surface area (TPSA) is 41.1 Å². The van der Waals surface area contributed by atoms with Gasteiger partial charge in [-0.05, 0) is 60.8 Å². The Morgan fingerprint density at radius 2 is 2.44 bits per heavy atom. The molecule has 2 unspecified atom stereocenters. The van der Waals surface area contributed by atoms with Crippen LogP contribution in [0.5, 0.6) is 0 Å². The van der Waals surface area contributed by atoms with Crippen LogP contribution in [0.4, 0.5) is 0 Å². The van der Waals surface area contributed by atoms with E-state index in [-0.39, 0.29) is 11.8 Å². The van der Waals surface area contributed by atoms with E-state index >= 15 is 0 Å². The Morgan fingerprint density at radius 1 is 1.61 bits per heavy atom. The highest BCUT2D eigenvalue weighted by molar-refractivity contribution is 9.11. The number of carbonyl (C=O) groups is 1. The number of hydrogen-bond donors (Lipinski definition) is 2. The first-order valence-corrected chi connectivity index (χ1v) is 8.01. The molecule has 18 heavy (non-hydrogen) atoms. The van der Waals surface area contributed by atoms with Gasteiger partial charge in [0.05, 0.1) is 3.79 Å². The van der Waals surface area contributed by atoms with Gasteiger partial charge in [0.1, 0.15) is 0 Å². The van der Waals surface area contributed by atoms with Crippen molar-refractivity contribution in [2.45, 2.75) is 32.2 Å². The fourth-order valence-electron chi connectivity index (χ4n) is 2.31. The molecule has 1 aliphatic heterocycles. The van der Waals surface area contributed by atoms with Crippen molar-refractivity contribution >= 4 is 33.2 Å². The summed E-state index contributed by atoms with van der Waals surface area (Å²) in [5, 5.41) is 6.42. The molecule has 0 spiro atoms. The van der Waals surface area contributed by atoms with Crippen LogP contribution in [-0.4, -0.2) is 25.0 Å². The van der Waals surface area contributed by atoms with Crippen molar-refractivity contribution in [3.8, 4) is 0 Å². The third-order valence-electron chi connectivity index (χ3n) is 3.29. The van der Waals surface area contributed by atoms with Crippen molar-refractivity contribution in [2.24, 2.45) is 5.92 Å². The maximum absolute atomic E-state index is 12.0. The number of hydrogen-bond acceptors (Lipinski definition) is 3. The standard InChI is InChI=1S/C13H19BrN2OS/c1-9-8-10(4-6-15-9)13(17)16-7-5-11-2-3-12(14)18-11/h2-3,9-10,15H,4-8H2,1H3,(H,16,17). The second kappa shape index (κ2) is 6.68. The minimum atomic E-state index is 0.191. The lowest BCUT2D eigenvalue weighted by Crippen LogP contribution is -2.42. The zero-order valence-electron chi connectivity index (χ0n) is 10.5. The first kappa shape index (κ1) is 14.0. The fraction of sp³-hybridized carbons (Fsp3) is 0.615. The predicted octanol–water partition coefficient (Wildman–Crippen LogP) is 2.56. The number of thiophene rings is 1. The normalized spacial score (nSPS) is 23.9. The second-order valence-electron chi connectivity index (χ2n) is 4.82. The van der Waals surface area contributed by atoms with E-state index in [1.54, 1.807) is 11.3 Å². The molecule has 5 heteroatoms. The summed E-state index contributed by atoms with van der Waals surface area (Å²) >= 11 is 5.18. The molecule has 1 saturated heterocycles. The maximum Gasteiger partial charge on any atom is 0.223 e. The van der Waals surface area contributed by atoms with E-state index in [1.165, 1.54) is 4.88 Å². The molecule has 0 saturated carbocycles. The highest BCUT2D eigenvalue weighted by Crippen LogP contribution is 2.22. The Bertz CT molecular complexity index is 407. The minimum absolute atomic E-state index is 0.191. The molecule has 1 fully saturated rings. The highest BCUT2D eigenvalue weighted by atomic mass is 79.9. The summed E-state index contributed by atoms with van der Waals surface area (Å²) in [5.74, 6) is 0.412. The van der Waals surface area contributed by atoms with Gasteiger partial charge in [-0.1, -0.05) is 0 Å². The molecule has 0 aliphatic carbocycles. The van der Waals surface area contributed by atoms with Gasteiger partial charge in [-0.15, -0.1) is 11.3 Å². The van der Waals surface area contributed by atoms with Crippen LogP contribution in [-0.2, 0) is 11.2 Å². The molecule has 1 aliphatic rings. The maximum atomic E-state index is 12.0. The van der Waals surface area contributed by atoms with Crippen LogP contribution in [0.2, 0.25) is 0 Å². The molecule has 0 bridgehead atoms. The summed E-state index contributed by atoms with van der Waals surface area (Å²) in [5.41, 5.74) is 0. The van der Waals surface area contributed by atoms with E-state index in [0.29, 0.717) is 6.04 Å². The summed E-state index contributed by atoms with van der Waals surface area (Å²) in [6, 6.07) is 4.62. The molecular formula is C13H19BrN2OS. The minimum Gasteiger partial charge on any atom is -0.355 e. The van der Waals surface area contributed by atoms with Crippen LogP contribution in [0.1, 0.15) is 24.6 Å². The summed E-state index contributed by atoms with van der Waals surface area (Å²) in [6.07, 6.45) is 2.83. The largest absolute Gasteiger partial charge is 0.355 e. The lowest BCUT2D eigenvalue weighted by molar-refractivity contribution is -0.126. The monoisotopic (exact) mass is 330 g/mol. The van der Waals surface area contributed by atoms with Crippen LogP contribution in [0.15, 0.2) is 15.9 Å². The van der Waals surface area contributed by atoms with Crippen LogP contribution in [0, 0.1) is 5.92 Å². The van der Waals surface area contributed by atoms with Crippen molar-refractivity contribution in [3.05, 3.63) is 20.8 Å². The number of rotatable bonds is 4. The lowest BCUT2D eigenvalue weighted by atomic mass is 9.92. The highest BCUT2D eigenvalue weighted by Gasteiger charge is 2.24. The molecule has 100 valence electrons. The number of carbonyl (C=O) groups excluding carboxylic acids is 1. The molecule has 1 amide bonds. The van der Waals surface area contributed by atoms with E-state index < -0.39 is 0 Å². The molecule has 0 aromatic carbocycles. The molecule has 2 N–H and O–H groups in total.